The fourth-order valence-electron chi connectivity index (χ4n) is 2.18. The molecule has 0 aliphatic carbocycles. The van der Waals surface area contributed by atoms with Gasteiger partial charge in [-0.25, -0.2) is 0 Å². The highest BCUT2D eigenvalue weighted by Crippen LogP contribution is 2.20. The lowest BCUT2D eigenvalue weighted by Gasteiger charge is -2.29. The summed E-state index contributed by atoms with van der Waals surface area (Å²) in [6, 6.07) is 3.87. The first-order valence-electron chi connectivity index (χ1n) is 6.33. The molecule has 2 atom stereocenters. The Morgan fingerprint density at radius 2 is 2.37 bits per heavy atom. The first-order valence-corrected chi connectivity index (χ1v) is 6.33. The number of nitrogens with one attached hydrogen (secondary N) is 1. The Morgan fingerprint density at radius 1 is 1.58 bits per heavy atom. The van der Waals surface area contributed by atoms with Gasteiger partial charge in [0.05, 0.1) is 17.6 Å². The summed E-state index contributed by atoms with van der Waals surface area (Å²) in [6.45, 7) is 4.18. The molecule has 1 heterocycles. The van der Waals surface area contributed by atoms with Crippen LogP contribution in [0.5, 0.6) is 0 Å². The Labute approximate surface area is 110 Å². The monoisotopic (exact) mass is 268 g/mol. The first kappa shape index (κ1) is 13.9. The minimum absolute atomic E-state index is 0.104. The lowest BCUT2D eigenvalue weighted by Crippen LogP contribution is -2.40. The molecule has 5 nitrogen and oxygen atoms in total. The van der Waals surface area contributed by atoms with Gasteiger partial charge in [0.15, 0.2) is 0 Å². The van der Waals surface area contributed by atoms with Crippen molar-refractivity contribution in [3.8, 4) is 0 Å². The number of benzene rings is 1. The highest BCUT2D eigenvalue weighted by Gasteiger charge is 2.22. The largest absolute Gasteiger partial charge is 0.372 e. The van der Waals surface area contributed by atoms with Crippen molar-refractivity contribution < 1.29 is 14.1 Å². The van der Waals surface area contributed by atoms with E-state index in [2.05, 4.69) is 12.2 Å². The molecule has 2 unspecified atom stereocenters. The van der Waals surface area contributed by atoms with Crippen LogP contribution in [0.15, 0.2) is 18.2 Å². The maximum absolute atomic E-state index is 13.4. The Hall–Kier alpha value is -1.53. The van der Waals surface area contributed by atoms with Crippen LogP contribution < -0.4 is 5.32 Å². The van der Waals surface area contributed by atoms with Crippen molar-refractivity contribution in [2.75, 3.05) is 13.1 Å². The second kappa shape index (κ2) is 6.08. The van der Waals surface area contributed by atoms with E-state index in [4.69, 9.17) is 4.74 Å². The molecule has 0 saturated carbocycles. The third kappa shape index (κ3) is 3.48. The standard InChI is InChI=1S/C13H17FN2O3/c1-9-4-5-15-7-13(9)19-8-10-2-3-12(16(17)18)11(14)6-10/h2-3,6,9,13,15H,4-5,7-8H2,1H3. The molecule has 0 spiro atoms. The highest BCUT2D eigenvalue weighted by molar-refractivity contribution is 5.34. The van der Waals surface area contributed by atoms with E-state index in [-0.39, 0.29) is 12.7 Å². The van der Waals surface area contributed by atoms with Crippen molar-refractivity contribution in [1.29, 1.82) is 0 Å². The van der Waals surface area contributed by atoms with Crippen LogP contribution in [0.1, 0.15) is 18.9 Å². The zero-order chi connectivity index (χ0) is 13.8. The summed E-state index contributed by atoms with van der Waals surface area (Å²) < 4.78 is 19.2. The average Bonchev–Trinajstić information content (AvgIpc) is 2.37. The molecule has 2 rings (SSSR count). The normalized spacial score (nSPS) is 23.3. The van der Waals surface area contributed by atoms with Gasteiger partial charge in [-0.1, -0.05) is 6.92 Å². The molecule has 1 fully saturated rings. The number of nitro groups is 1. The topological polar surface area (TPSA) is 64.4 Å². The number of hydrogen-bond donors (Lipinski definition) is 1. The maximum Gasteiger partial charge on any atom is 0.304 e. The average molecular weight is 268 g/mol. The quantitative estimate of drug-likeness (QED) is 0.672. The van der Waals surface area contributed by atoms with Crippen LogP contribution in [0.3, 0.4) is 0 Å². The molecule has 1 aromatic carbocycles. The summed E-state index contributed by atoms with van der Waals surface area (Å²) in [5.41, 5.74) is 0.109. The lowest BCUT2D eigenvalue weighted by molar-refractivity contribution is -0.387. The van der Waals surface area contributed by atoms with Gasteiger partial charge in [0.2, 0.25) is 5.82 Å². The molecule has 1 aliphatic rings. The van der Waals surface area contributed by atoms with Gasteiger partial charge < -0.3 is 10.1 Å². The summed E-state index contributed by atoms with van der Waals surface area (Å²) in [5.74, 6) is -0.356. The molecule has 0 bridgehead atoms. The van der Waals surface area contributed by atoms with Gasteiger partial charge >= 0.3 is 5.69 Å². The van der Waals surface area contributed by atoms with Crippen LogP contribution in [0.4, 0.5) is 10.1 Å². The Balaban J connectivity index is 1.96. The zero-order valence-corrected chi connectivity index (χ0v) is 10.8. The van der Waals surface area contributed by atoms with Crippen molar-refractivity contribution >= 4 is 5.69 Å². The molecule has 0 aromatic heterocycles. The summed E-state index contributed by atoms with van der Waals surface area (Å²) >= 11 is 0. The molecule has 6 heteroatoms. The number of piperidine rings is 1. The molecule has 1 aromatic rings. The van der Waals surface area contributed by atoms with Crippen molar-refractivity contribution in [1.82, 2.24) is 5.32 Å². The Morgan fingerprint density at radius 3 is 3.00 bits per heavy atom. The van der Waals surface area contributed by atoms with Crippen LogP contribution in [0, 0.1) is 21.8 Å². The molecule has 1 N–H and O–H groups in total. The van der Waals surface area contributed by atoms with Crippen molar-refractivity contribution in [3.05, 3.63) is 39.7 Å². The number of rotatable bonds is 4. The summed E-state index contributed by atoms with van der Waals surface area (Å²) in [4.78, 5) is 9.78. The number of halogens is 1. The number of hydrogen-bond acceptors (Lipinski definition) is 4. The van der Waals surface area contributed by atoms with Crippen LogP contribution in [-0.2, 0) is 11.3 Å². The van der Waals surface area contributed by atoms with Gasteiger partial charge in [-0.2, -0.15) is 4.39 Å². The fraction of sp³-hybridized carbons (Fsp3) is 0.538. The first-order chi connectivity index (χ1) is 9.08. The van der Waals surface area contributed by atoms with Gasteiger partial charge in [-0.15, -0.1) is 0 Å². The zero-order valence-electron chi connectivity index (χ0n) is 10.8. The van der Waals surface area contributed by atoms with Gasteiger partial charge in [0.1, 0.15) is 0 Å². The third-order valence-electron chi connectivity index (χ3n) is 3.43. The van der Waals surface area contributed by atoms with Crippen molar-refractivity contribution in [2.24, 2.45) is 5.92 Å². The van der Waals surface area contributed by atoms with E-state index in [1.165, 1.54) is 18.2 Å². The molecular weight excluding hydrogens is 251 g/mol. The summed E-state index contributed by atoms with van der Waals surface area (Å²) in [7, 11) is 0. The summed E-state index contributed by atoms with van der Waals surface area (Å²) in [6.07, 6.45) is 1.16. The second-order valence-electron chi connectivity index (χ2n) is 4.86. The number of nitrogens with zero attached hydrogens (tertiary/aromatic N) is 1. The Kier molecular flexibility index (Phi) is 4.44. The van der Waals surface area contributed by atoms with Crippen LogP contribution in [-0.4, -0.2) is 24.1 Å². The van der Waals surface area contributed by atoms with Crippen LogP contribution in [0.2, 0.25) is 0 Å². The van der Waals surface area contributed by atoms with E-state index >= 15 is 0 Å². The Bertz CT molecular complexity index is 467. The third-order valence-corrected chi connectivity index (χ3v) is 3.43. The van der Waals surface area contributed by atoms with E-state index in [1.807, 2.05) is 0 Å². The van der Waals surface area contributed by atoms with Gasteiger partial charge in [-0.3, -0.25) is 10.1 Å². The fourth-order valence-corrected chi connectivity index (χ4v) is 2.18. The minimum Gasteiger partial charge on any atom is -0.372 e. The lowest BCUT2D eigenvalue weighted by atomic mass is 9.97. The molecule has 1 saturated heterocycles. The van der Waals surface area contributed by atoms with E-state index < -0.39 is 16.4 Å². The molecule has 0 amide bonds. The maximum atomic E-state index is 13.4. The van der Waals surface area contributed by atoms with E-state index in [0.717, 1.165) is 19.5 Å². The number of ether oxygens (including phenoxy) is 1. The smallest absolute Gasteiger partial charge is 0.304 e. The number of nitro benzene ring substituents is 1. The molecule has 104 valence electrons. The SMILES string of the molecule is CC1CCNCC1OCc1ccc([N+](=O)[O-])c(F)c1. The summed E-state index contributed by atoms with van der Waals surface area (Å²) in [5, 5.41) is 13.8. The van der Waals surface area contributed by atoms with Crippen molar-refractivity contribution in [3.63, 3.8) is 0 Å². The second-order valence-corrected chi connectivity index (χ2v) is 4.86. The van der Waals surface area contributed by atoms with Gasteiger partial charge in [0.25, 0.3) is 0 Å². The van der Waals surface area contributed by atoms with Gasteiger partial charge in [0, 0.05) is 12.6 Å². The molecule has 19 heavy (non-hydrogen) atoms. The predicted octanol–water partition coefficient (Wildman–Crippen LogP) is 2.25. The highest BCUT2D eigenvalue weighted by atomic mass is 19.1. The molecule has 0 radical (unpaired) electrons. The molecular formula is C13H17FN2O3. The van der Waals surface area contributed by atoms with Crippen LogP contribution >= 0.6 is 0 Å². The van der Waals surface area contributed by atoms with Gasteiger partial charge in [-0.05, 0) is 36.6 Å². The minimum atomic E-state index is -0.819. The van der Waals surface area contributed by atoms with Crippen molar-refractivity contribution in [2.45, 2.75) is 26.1 Å². The molecule has 1 aliphatic heterocycles. The predicted molar refractivity (Wildman–Crippen MR) is 68.3 cm³/mol. The van der Waals surface area contributed by atoms with E-state index in [0.29, 0.717) is 11.5 Å². The van der Waals surface area contributed by atoms with Crippen LogP contribution in [0.25, 0.3) is 0 Å². The van der Waals surface area contributed by atoms with E-state index in [9.17, 15) is 14.5 Å². The van der Waals surface area contributed by atoms with E-state index in [1.54, 1.807) is 0 Å².